The van der Waals surface area contributed by atoms with Crippen LogP contribution in [0, 0.1) is 12.7 Å². The minimum Gasteiger partial charge on any atom is -0.378 e. The van der Waals surface area contributed by atoms with Crippen molar-refractivity contribution in [1.82, 2.24) is 4.57 Å². The van der Waals surface area contributed by atoms with Crippen molar-refractivity contribution in [3.05, 3.63) is 64.2 Å². The number of ether oxygens (including phenoxy) is 1. The Hall–Kier alpha value is -2.71. The molecule has 8 heteroatoms. The maximum absolute atomic E-state index is 14.8. The van der Waals surface area contributed by atoms with E-state index in [0.29, 0.717) is 37.5 Å². The first-order valence-electron chi connectivity index (χ1n) is 9.26. The highest BCUT2D eigenvalue weighted by atomic mass is 32.2. The van der Waals surface area contributed by atoms with E-state index in [-0.39, 0.29) is 15.2 Å². The molecule has 1 aliphatic heterocycles. The van der Waals surface area contributed by atoms with Gasteiger partial charge in [-0.1, -0.05) is 12.1 Å². The predicted molar refractivity (Wildman–Crippen MR) is 109 cm³/mol. The number of aryl methyl sites for hydroxylation is 2. The molecule has 0 aliphatic carbocycles. The van der Waals surface area contributed by atoms with Crippen LogP contribution in [0.5, 0.6) is 0 Å². The van der Waals surface area contributed by atoms with Gasteiger partial charge in [-0.25, -0.2) is 12.8 Å². The Labute approximate surface area is 168 Å². The van der Waals surface area contributed by atoms with E-state index in [2.05, 4.69) is 0 Å². The Morgan fingerprint density at radius 3 is 2.52 bits per heavy atom. The van der Waals surface area contributed by atoms with Gasteiger partial charge in [0.2, 0.25) is 15.3 Å². The van der Waals surface area contributed by atoms with E-state index in [1.165, 1.54) is 18.3 Å². The molecular weight excluding hydrogens is 395 g/mol. The van der Waals surface area contributed by atoms with Crippen molar-refractivity contribution < 1.29 is 17.5 Å². The molecule has 0 unspecified atom stereocenters. The summed E-state index contributed by atoms with van der Waals surface area (Å²) in [5.74, 6) is -0.554. The molecule has 0 saturated carbocycles. The van der Waals surface area contributed by atoms with Gasteiger partial charge in [0.25, 0.3) is 0 Å². The molecule has 0 N–H and O–H groups in total. The minimum absolute atomic E-state index is 0.0377. The van der Waals surface area contributed by atoms with E-state index < -0.39 is 21.1 Å². The number of fused-ring (bicyclic) bond motifs is 1. The third-order valence-corrected chi connectivity index (χ3v) is 6.91. The zero-order valence-electron chi connectivity index (χ0n) is 16.2. The standard InChI is InChI=1S/C21H21FN2O4S/c1-14-4-3-5-15(10-14)29(26,27)20-13-23(2)18-12-19(24-6-8-28-9-7-24)17(22)11-16(18)21(20)25/h3-5,10-13H,6-9H2,1-2H3. The van der Waals surface area contributed by atoms with Crippen molar-refractivity contribution in [2.45, 2.75) is 16.7 Å². The molecule has 1 saturated heterocycles. The number of benzene rings is 2. The highest BCUT2D eigenvalue weighted by molar-refractivity contribution is 7.91. The molecular formula is C21H21FN2O4S. The fourth-order valence-corrected chi connectivity index (χ4v) is 5.11. The lowest BCUT2D eigenvalue weighted by Gasteiger charge is -2.29. The van der Waals surface area contributed by atoms with E-state index in [4.69, 9.17) is 4.74 Å². The number of halogens is 1. The Morgan fingerprint density at radius 1 is 1.10 bits per heavy atom. The van der Waals surface area contributed by atoms with Crippen LogP contribution in [0.4, 0.5) is 10.1 Å². The molecule has 1 fully saturated rings. The fraction of sp³-hybridized carbons (Fsp3) is 0.286. The molecule has 3 aromatic rings. The number of aromatic nitrogens is 1. The second kappa shape index (κ2) is 7.27. The first kappa shape index (κ1) is 19.6. The van der Waals surface area contributed by atoms with Gasteiger partial charge in [0.1, 0.15) is 10.7 Å². The van der Waals surface area contributed by atoms with Gasteiger partial charge in [0.15, 0.2) is 0 Å². The molecule has 1 aromatic heterocycles. The van der Waals surface area contributed by atoms with E-state index >= 15 is 0 Å². The fourth-order valence-electron chi connectivity index (χ4n) is 3.61. The second-order valence-electron chi connectivity index (χ2n) is 7.17. The predicted octanol–water partition coefficient (Wildman–Crippen LogP) is 2.66. The van der Waals surface area contributed by atoms with Crippen LogP contribution in [0.15, 0.2) is 57.2 Å². The van der Waals surface area contributed by atoms with Gasteiger partial charge in [-0.3, -0.25) is 4.79 Å². The summed E-state index contributed by atoms with van der Waals surface area (Å²) in [5.41, 5.74) is 0.920. The van der Waals surface area contributed by atoms with E-state index in [9.17, 15) is 17.6 Å². The van der Waals surface area contributed by atoms with Crippen LogP contribution in [0.3, 0.4) is 0 Å². The van der Waals surface area contributed by atoms with Crippen LogP contribution >= 0.6 is 0 Å². The van der Waals surface area contributed by atoms with Crippen LogP contribution < -0.4 is 10.3 Å². The van der Waals surface area contributed by atoms with E-state index in [1.807, 2.05) is 4.90 Å². The highest BCUT2D eigenvalue weighted by Gasteiger charge is 2.25. The lowest BCUT2D eigenvalue weighted by molar-refractivity contribution is 0.122. The van der Waals surface area contributed by atoms with Crippen LogP contribution in [0.1, 0.15) is 5.56 Å². The maximum Gasteiger partial charge on any atom is 0.211 e. The number of morpholine rings is 1. The third kappa shape index (κ3) is 3.42. The molecule has 6 nitrogen and oxygen atoms in total. The van der Waals surface area contributed by atoms with Crippen LogP contribution in [0.2, 0.25) is 0 Å². The van der Waals surface area contributed by atoms with Gasteiger partial charge in [0.05, 0.1) is 34.7 Å². The molecule has 0 amide bonds. The van der Waals surface area contributed by atoms with Crippen LogP contribution in [0.25, 0.3) is 10.9 Å². The first-order chi connectivity index (χ1) is 13.8. The Bertz CT molecular complexity index is 1260. The average molecular weight is 416 g/mol. The van der Waals surface area contributed by atoms with Crippen molar-refractivity contribution in [3.8, 4) is 0 Å². The Kier molecular flexibility index (Phi) is 4.92. The summed E-state index contributed by atoms with van der Waals surface area (Å²) in [4.78, 5) is 14.6. The van der Waals surface area contributed by atoms with Crippen molar-refractivity contribution >= 4 is 26.4 Å². The molecule has 1 aliphatic rings. The van der Waals surface area contributed by atoms with Gasteiger partial charge in [-0.15, -0.1) is 0 Å². The number of pyridine rings is 1. The molecule has 29 heavy (non-hydrogen) atoms. The number of anilines is 1. The van der Waals surface area contributed by atoms with Gasteiger partial charge in [-0.05, 0) is 36.8 Å². The van der Waals surface area contributed by atoms with Crippen molar-refractivity contribution in [3.63, 3.8) is 0 Å². The summed E-state index contributed by atoms with van der Waals surface area (Å²) in [7, 11) is -2.38. The van der Waals surface area contributed by atoms with Gasteiger partial charge >= 0.3 is 0 Å². The first-order valence-corrected chi connectivity index (χ1v) is 10.7. The van der Waals surface area contributed by atoms with Gasteiger partial charge < -0.3 is 14.2 Å². The van der Waals surface area contributed by atoms with Crippen molar-refractivity contribution in [2.24, 2.45) is 7.05 Å². The molecule has 0 radical (unpaired) electrons. The van der Waals surface area contributed by atoms with E-state index in [1.54, 1.807) is 36.7 Å². The third-order valence-electron chi connectivity index (χ3n) is 5.17. The number of rotatable bonds is 3. The number of nitrogens with zero attached hydrogens (tertiary/aromatic N) is 2. The van der Waals surface area contributed by atoms with Crippen LogP contribution in [-0.4, -0.2) is 39.3 Å². The smallest absolute Gasteiger partial charge is 0.211 e. The lowest BCUT2D eigenvalue weighted by atomic mass is 10.1. The molecule has 0 spiro atoms. The van der Waals surface area contributed by atoms with Gasteiger partial charge in [-0.2, -0.15) is 0 Å². The molecule has 0 atom stereocenters. The Morgan fingerprint density at radius 2 is 1.83 bits per heavy atom. The monoisotopic (exact) mass is 416 g/mol. The second-order valence-corrected chi connectivity index (χ2v) is 9.09. The SMILES string of the molecule is Cc1cccc(S(=O)(=O)c2cn(C)c3cc(N4CCOCC4)c(F)cc3c2=O)c1. The normalized spacial score (nSPS) is 15.1. The maximum atomic E-state index is 14.8. The largest absolute Gasteiger partial charge is 0.378 e. The quantitative estimate of drug-likeness (QED) is 0.657. The summed E-state index contributed by atoms with van der Waals surface area (Å²) in [6, 6.07) is 9.11. The Balaban J connectivity index is 1.90. The summed E-state index contributed by atoms with van der Waals surface area (Å²) >= 11 is 0. The topological polar surface area (TPSA) is 68.6 Å². The summed E-state index contributed by atoms with van der Waals surface area (Å²) in [6.07, 6.45) is 1.31. The number of hydrogen-bond acceptors (Lipinski definition) is 5. The summed E-state index contributed by atoms with van der Waals surface area (Å²) in [5, 5.41) is 0.0377. The van der Waals surface area contributed by atoms with Crippen LogP contribution in [-0.2, 0) is 21.6 Å². The molecule has 2 heterocycles. The molecule has 152 valence electrons. The van der Waals surface area contributed by atoms with Gasteiger partial charge in [0, 0.05) is 26.3 Å². The zero-order chi connectivity index (χ0) is 20.8. The zero-order valence-corrected chi connectivity index (χ0v) is 17.0. The van der Waals surface area contributed by atoms with Crippen molar-refractivity contribution in [2.75, 3.05) is 31.2 Å². The molecule has 2 aromatic carbocycles. The highest BCUT2D eigenvalue weighted by Crippen LogP contribution is 2.27. The number of hydrogen-bond donors (Lipinski definition) is 0. The van der Waals surface area contributed by atoms with Crippen molar-refractivity contribution in [1.29, 1.82) is 0 Å². The lowest BCUT2D eigenvalue weighted by Crippen LogP contribution is -2.36. The number of sulfone groups is 1. The average Bonchev–Trinajstić information content (AvgIpc) is 2.71. The van der Waals surface area contributed by atoms with E-state index in [0.717, 1.165) is 11.6 Å². The minimum atomic E-state index is -4.03. The summed E-state index contributed by atoms with van der Waals surface area (Å²) < 4.78 is 47.9. The molecule has 0 bridgehead atoms. The molecule has 4 rings (SSSR count). The summed E-state index contributed by atoms with van der Waals surface area (Å²) in [6.45, 7) is 3.89.